The van der Waals surface area contributed by atoms with E-state index in [1.54, 1.807) is 0 Å². The average Bonchev–Trinajstić information content (AvgIpc) is 2.75. The van der Waals surface area contributed by atoms with Gasteiger partial charge in [-0.15, -0.1) is 0 Å². The standard InChI is InChI=1S/C25H25N3O2/c1-4-30-24-12-9-17(2)13-23(24)18(3)28-25(29)21(15-26)16-27-22-11-10-19-7-5-6-8-20(19)14-22/h5-14,16,18,27H,4H2,1-3H3,(H,28,29)/b21-16-. The van der Waals surface area contributed by atoms with Gasteiger partial charge in [-0.3, -0.25) is 4.79 Å². The Labute approximate surface area is 177 Å². The van der Waals surface area contributed by atoms with Crippen LogP contribution in [0.5, 0.6) is 5.75 Å². The quantitative estimate of drug-likeness (QED) is 0.421. The average molecular weight is 399 g/mol. The number of ether oxygens (including phenoxy) is 1. The molecular weight excluding hydrogens is 374 g/mol. The number of aryl methyl sites for hydroxylation is 1. The Morgan fingerprint density at radius 1 is 1.13 bits per heavy atom. The molecule has 0 heterocycles. The minimum absolute atomic E-state index is 0.000576. The SMILES string of the molecule is CCOc1ccc(C)cc1C(C)NC(=O)/C(C#N)=C\Nc1ccc2ccccc2c1. The fourth-order valence-electron chi connectivity index (χ4n) is 3.23. The van der Waals surface area contributed by atoms with Gasteiger partial charge in [-0.2, -0.15) is 5.26 Å². The maximum Gasteiger partial charge on any atom is 0.263 e. The molecule has 3 rings (SSSR count). The third-order valence-electron chi connectivity index (χ3n) is 4.78. The van der Waals surface area contributed by atoms with Crippen LogP contribution < -0.4 is 15.4 Å². The summed E-state index contributed by atoms with van der Waals surface area (Å²) in [5.41, 5.74) is 2.76. The largest absolute Gasteiger partial charge is 0.494 e. The number of amides is 1. The van der Waals surface area contributed by atoms with Crippen LogP contribution in [0.3, 0.4) is 0 Å². The number of nitrogens with one attached hydrogen (secondary N) is 2. The van der Waals surface area contributed by atoms with Gasteiger partial charge in [0.2, 0.25) is 0 Å². The molecule has 1 unspecified atom stereocenters. The number of nitriles is 1. The fourth-order valence-corrected chi connectivity index (χ4v) is 3.23. The van der Waals surface area contributed by atoms with Crippen LogP contribution >= 0.6 is 0 Å². The number of rotatable bonds is 7. The predicted octanol–water partition coefficient (Wildman–Crippen LogP) is 5.24. The molecule has 3 aromatic carbocycles. The number of fused-ring (bicyclic) bond motifs is 1. The molecule has 0 aliphatic heterocycles. The van der Waals surface area contributed by atoms with E-state index >= 15 is 0 Å². The molecule has 5 heteroatoms. The molecule has 0 radical (unpaired) electrons. The normalized spacial score (nSPS) is 12.1. The van der Waals surface area contributed by atoms with E-state index in [0.717, 1.165) is 33.3 Å². The highest BCUT2D eigenvalue weighted by Gasteiger charge is 2.17. The van der Waals surface area contributed by atoms with Crippen molar-refractivity contribution < 1.29 is 9.53 Å². The topological polar surface area (TPSA) is 74.1 Å². The molecule has 3 aromatic rings. The first-order chi connectivity index (χ1) is 14.5. The Morgan fingerprint density at radius 3 is 2.63 bits per heavy atom. The van der Waals surface area contributed by atoms with Crippen molar-refractivity contribution in [3.05, 3.63) is 83.6 Å². The summed E-state index contributed by atoms with van der Waals surface area (Å²) in [6.45, 7) is 6.32. The van der Waals surface area contributed by atoms with Crippen LogP contribution in [0.2, 0.25) is 0 Å². The first kappa shape index (κ1) is 20.9. The van der Waals surface area contributed by atoms with Gasteiger partial charge >= 0.3 is 0 Å². The third kappa shape index (κ3) is 4.98. The number of hydrogen-bond acceptors (Lipinski definition) is 4. The highest BCUT2D eigenvalue weighted by Crippen LogP contribution is 2.26. The van der Waals surface area contributed by atoms with Gasteiger partial charge in [-0.05, 0) is 49.7 Å². The number of carbonyl (C=O) groups excluding carboxylic acids is 1. The molecule has 0 saturated carbocycles. The number of carbonyl (C=O) groups is 1. The second-order valence-corrected chi connectivity index (χ2v) is 7.05. The Hall–Kier alpha value is -3.78. The van der Waals surface area contributed by atoms with E-state index < -0.39 is 5.91 Å². The van der Waals surface area contributed by atoms with Gasteiger partial charge < -0.3 is 15.4 Å². The molecule has 5 nitrogen and oxygen atoms in total. The zero-order chi connectivity index (χ0) is 21.5. The molecular formula is C25H25N3O2. The van der Waals surface area contributed by atoms with E-state index in [1.807, 2.05) is 87.5 Å². The fraction of sp³-hybridized carbons (Fsp3) is 0.200. The Balaban J connectivity index is 1.74. The van der Waals surface area contributed by atoms with Gasteiger partial charge in [-0.1, -0.05) is 48.0 Å². The molecule has 0 saturated heterocycles. The third-order valence-corrected chi connectivity index (χ3v) is 4.78. The molecule has 30 heavy (non-hydrogen) atoms. The molecule has 0 fully saturated rings. The highest BCUT2D eigenvalue weighted by atomic mass is 16.5. The summed E-state index contributed by atoms with van der Waals surface area (Å²) in [5, 5.41) is 17.6. The van der Waals surface area contributed by atoms with Gasteiger partial charge in [0.15, 0.2) is 0 Å². The lowest BCUT2D eigenvalue weighted by Crippen LogP contribution is -2.28. The smallest absolute Gasteiger partial charge is 0.263 e. The molecule has 0 spiro atoms. The van der Waals surface area contributed by atoms with Crippen LogP contribution in [0, 0.1) is 18.3 Å². The van der Waals surface area contributed by atoms with Gasteiger partial charge in [-0.25, -0.2) is 0 Å². The maximum absolute atomic E-state index is 12.7. The first-order valence-corrected chi connectivity index (χ1v) is 9.91. The molecule has 1 amide bonds. The summed E-state index contributed by atoms with van der Waals surface area (Å²) < 4.78 is 5.68. The van der Waals surface area contributed by atoms with E-state index in [4.69, 9.17) is 4.74 Å². The van der Waals surface area contributed by atoms with E-state index in [1.165, 1.54) is 6.20 Å². The molecule has 0 bridgehead atoms. The molecule has 0 aromatic heterocycles. The van der Waals surface area contributed by atoms with Crippen LogP contribution in [0.4, 0.5) is 5.69 Å². The number of nitrogens with zero attached hydrogens (tertiary/aromatic N) is 1. The molecule has 0 aliphatic carbocycles. The summed E-state index contributed by atoms with van der Waals surface area (Å²) in [7, 11) is 0. The summed E-state index contributed by atoms with van der Waals surface area (Å²) >= 11 is 0. The minimum atomic E-state index is -0.442. The van der Waals surface area contributed by atoms with Gasteiger partial charge in [0.05, 0.1) is 12.6 Å². The van der Waals surface area contributed by atoms with E-state index in [2.05, 4.69) is 10.6 Å². The van der Waals surface area contributed by atoms with Gasteiger partial charge in [0.25, 0.3) is 5.91 Å². The number of anilines is 1. The molecule has 0 aliphatic rings. The van der Waals surface area contributed by atoms with Crippen molar-refractivity contribution in [2.24, 2.45) is 0 Å². The Kier molecular flexibility index (Phi) is 6.71. The summed E-state index contributed by atoms with van der Waals surface area (Å²) in [5.74, 6) is 0.287. The molecule has 1 atom stereocenters. The van der Waals surface area contributed by atoms with Gasteiger partial charge in [0, 0.05) is 17.5 Å². The summed E-state index contributed by atoms with van der Waals surface area (Å²) in [6, 6.07) is 21.4. The summed E-state index contributed by atoms with van der Waals surface area (Å²) in [6.07, 6.45) is 1.44. The Morgan fingerprint density at radius 2 is 1.90 bits per heavy atom. The van der Waals surface area contributed by atoms with Crippen LogP contribution in [-0.4, -0.2) is 12.5 Å². The van der Waals surface area contributed by atoms with Crippen LogP contribution in [0.1, 0.15) is 31.0 Å². The minimum Gasteiger partial charge on any atom is -0.494 e. The lowest BCUT2D eigenvalue weighted by Gasteiger charge is -2.18. The van der Waals surface area contributed by atoms with Crippen LogP contribution in [-0.2, 0) is 4.79 Å². The van der Waals surface area contributed by atoms with Crippen molar-refractivity contribution in [2.45, 2.75) is 26.8 Å². The van der Waals surface area contributed by atoms with Crippen molar-refractivity contribution in [3.63, 3.8) is 0 Å². The van der Waals surface area contributed by atoms with Crippen molar-refractivity contribution in [1.82, 2.24) is 5.32 Å². The van der Waals surface area contributed by atoms with Crippen LogP contribution in [0.15, 0.2) is 72.4 Å². The van der Waals surface area contributed by atoms with Crippen molar-refractivity contribution in [3.8, 4) is 11.8 Å². The zero-order valence-electron chi connectivity index (χ0n) is 17.4. The first-order valence-electron chi connectivity index (χ1n) is 9.91. The lowest BCUT2D eigenvalue weighted by molar-refractivity contribution is -0.117. The molecule has 152 valence electrons. The van der Waals surface area contributed by atoms with Crippen molar-refractivity contribution in [1.29, 1.82) is 5.26 Å². The number of benzene rings is 3. The van der Waals surface area contributed by atoms with E-state index in [0.29, 0.717) is 6.61 Å². The second-order valence-electron chi connectivity index (χ2n) is 7.05. The highest BCUT2D eigenvalue weighted by molar-refractivity contribution is 5.98. The van der Waals surface area contributed by atoms with Crippen molar-refractivity contribution >= 4 is 22.4 Å². The second kappa shape index (κ2) is 9.62. The van der Waals surface area contributed by atoms with Gasteiger partial charge in [0.1, 0.15) is 17.4 Å². The Bertz CT molecular complexity index is 1130. The van der Waals surface area contributed by atoms with Crippen molar-refractivity contribution in [2.75, 3.05) is 11.9 Å². The van der Waals surface area contributed by atoms with Crippen LogP contribution in [0.25, 0.3) is 10.8 Å². The van der Waals surface area contributed by atoms with E-state index in [-0.39, 0.29) is 11.6 Å². The zero-order valence-corrected chi connectivity index (χ0v) is 17.4. The summed E-state index contributed by atoms with van der Waals surface area (Å²) in [4.78, 5) is 12.7. The predicted molar refractivity (Wildman–Crippen MR) is 120 cm³/mol. The monoisotopic (exact) mass is 399 g/mol. The lowest BCUT2D eigenvalue weighted by atomic mass is 10.0. The number of hydrogen-bond donors (Lipinski definition) is 2. The molecule has 2 N–H and O–H groups in total. The van der Waals surface area contributed by atoms with E-state index in [9.17, 15) is 10.1 Å². The maximum atomic E-state index is 12.7.